The molecule has 4 nitrogen and oxygen atoms in total. The Bertz CT molecular complexity index is 579. The van der Waals surface area contributed by atoms with Gasteiger partial charge in [0.15, 0.2) is 0 Å². The maximum Gasteiger partial charge on any atom is 0.0968 e. The number of hydrogen-bond donors (Lipinski definition) is 0. The molecular weight excluding hydrogens is 262 g/mol. The summed E-state index contributed by atoms with van der Waals surface area (Å²) >= 11 is 0. The minimum Gasteiger partial charge on any atom is -0.380 e. The predicted octanol–water partition coefficient (Wildman–Crippen LogP) is 2.70. The molecule has 1 atom stereocenters. The van der Waals surface area contributed by atoms with E-state index < -0.39 is 0 Å². The van der Waals surface area contributed by atoms with Crippen LogP contribution in [0, 0.1) is 0 Å². The average Bonchev–Trinajstić information content (AvgIpc) is 2.89. The van der Waals surface area contributed by atoms with Gasteiger partial charge >= 0.3 is 0 Å². The van der Waals surface area contributed by atoms with Gasteiger partial charge < -0.3 is 4.74 Å². The van der Waals surface area contributed by atoms with E-state index in [4.69, 9.17) is 4.74 Å². The molecule has 1 aromatic carbocycles. The molecule has 3 rings (SSSR count). The van der Waals surface area contributed by atoms with Gasteiger partial charge in [0.1, 0.15) is 0 Å². The summed E-state index contributed by atoms with van der Waals surface area (Å²) in [5, 5.41) is 4.64. The van der Waals surface area contributed by atoms with E-state index in [0.717, 1.165) is 25.3 Å². The van der Waals surface area contributed by atoms with Crippen molar-refractivity contribution in [3.05, 3.63) is 42.1 Å². The molecular formula is C17H23N3O. The lowest BCUT2D eigenvalue weighted by molar-refractivity contribution is 0.0286. The minimum atomic E-state index is 0.371. The van der Waals surface area contributed by atoms with Crippen LogP contribution < -0.4 is 0 Å². The van der Waals surface area contributed by atoms with Gasteiger partial charge in [-0.2, -0.15) is 5.10 Å². The Morgan fingerprint density at radius 3 is 2.86 bits per heavy atom. The van der Waals surface area contributed by atoms with Crippen molar-refractivity contribution in [3.63, 3.8) is 0 Å². The summed E-state index contributed by atoms with van der Waals surface area (Å²) in [4.78, 5) is 2.47. The molecule has 0 amide bonds. The van der Waals surface area contributed by atoms with Crippen molar-refractivity contribution >= 4 is 0 Å². The highest BCUT2D eigenvalue weighted by Gasteiger charge is 2.21. The number of benzene rings is 1. The Morgan fingerprint density at radius 1 is 1.29 bits per heavy atom. The van der Waals surface area contributed by atoms with Crippen molar-refractivity contribution < 1.29 is 4.74 Å². The predicted molar refractivity (Wildman–Crippen MR) is 84.0 cm³/mol. The number of aryl methyl sites for hydroxylation is 1. The highest BCUT2D eigenvalue weighted by Crippen LogP contribution is 2.24. The smallest absolute Gasteiger partial charge is 0.0968 e. The van der Waals surface area contributed by atoms with Gasteiger partial charge in [0.25, 0.3) is 0 Å². The van der Waals surface area contributed by atoms with Crippen LogP contribution in [-0.2, 0) is 18.3 Å². The van der Waals surface area contributed by atoms with Crippen LogP contribution in [0.3, 0.4) is 0 Å². The van der Waals surface area contributed by atoms with Crippen LogP contribution in [-0.4, -0.2) is 41.0 Å². The molecule has 0 spiro atoms. The first kappa shape index (κ1) is 14.3. The fraction of sp³-hybridized carbons (Fsp3) is 0.471. The first-order chi connectivity index (χ1) is 10.3. The first-order valence-corrected chi connectivity index (χ1v) is 7.59. The lowest BCUT2D eigenvalue weighted by atomic mass is 10.1. The molecule has 1 aliphatic heterocycles. The Hall–Kier alpha value is -1.65. The maximum atomic E-state index is 5.52. The van der Waals surface area contributed by atoms with E-state index in [2.05, 4.69) is 40.5 Å². The molecule has 0 radical (unpaired) electrons. The van der Waals surface area contributed by atoms with E-state index in [-0.39, 0.29) is 0 Å². The van der Waals surface area contributed by atoms with Crippen molar-refractivity contribution in [2.45, 2.75) is 25.5 Å². The van der Waals surface area contributed by atoms with Gasteiger partial charge in [-0.25, -0.2) is 0 Å². The van der Waals surface area contributed by atoms with Crippen LogP contribution in [0.1, 0.15) is 18.4 Å². The zero-order chi connectivity index (χ0) is 14.7. The van der Waals surface area contributed by atoms with Gasteiger partial charge in [-0.1, -0.05) is 30.3 Å². The summed E-state index contributed by atoms with van der Waals surface area (Å²) in [5.74, 6) is 0. The second-order valence-corrected chi connectivity index (χ2v) is 5.78. The molecule has 1 aromatic heterocycles. The fourth-order valence-corrected chi connectivity index (χ4v) is 3.08. The van der Waals surface area contributed by atoms with E-state index in [9.17, 15) is 0 Å². The van der Waals surface area contributed by atoms with E-state index >= 15 is 0 Å². The van der Waals surface area contributed by atoms with Crippen LogP contribution in [0.15, 0.2) is 36.5 Å². The lowest BCUT2D eigenvalue weighted by Gasteiger charge is -2.31. The summed E-state index contributed by atoms with van der Waals surface area (Å²) in [5.41, 5.74) is 3.58. The second kappa shape index (κ2) is 6.41. The average molecular weight is 285 g/mol. The number of likely N-dealkylation sites (tertiary alicyclic amines) is 1. The molecule has 2 heterocycles. The summed E-state index contributed by atoms with van der Waals surface area (Å²) in [6.07, 6.45) is 4.89. The number of methoxy groups -OCH3 is 1. The SMILES string of the molecule is COC1CCCN(Cc2cn(C)nc2-c2ccccc2)C1. The highest BCUT2D eigenvalue weighted by molar-refractivity contribution is 5.62. The number of nitrogens with zero attached hydrogens (tertiary/aromatic N) is 3. The van der Waals surface area contributed by atoms with E-state index in [1.807, 2.05) is 24.9 Å². The Balaban J connectivity index is 1.79. The summed E-state index contributed by atoms with van der Waals surface area (Å²) in [6, 6.07) is 10.4. The third kappa shape index (κ3) is 3.34. The van der Waals surface area contributed by atoms with Gasteiger partial charge in [-0.15, -0.1) is 0 Å². The van der Waals surface area contributed by atoms with Crippen molar-refractivity contribution in [1.82, 2.24) is 14.7 Å². The molecule has 2 aromatic rings. The Morgan fingerprint density at radius 2 is 2.10 bits per heavy atom. The zero-order valence-corrected chi connectivity index (χ0v) is 12.8. The van der Waals surface area contributed by atoms with Crippen LogP contribution in [0.2, 0.25) is 0 Å². The van der Waals surface area contributed by atoms with Gasteiger partial charge in [0.2, 0.25) is 0 Å². The van der Waals surface area contributed by atoms with Crippen LogP contribution in [0.5, 0.6) is 0 Å². The first-order valence-electron chi connectivity index (χ1n) is 7.59. The van der Waals surface area contributed by atoms with Gasteiger partial charge in [-0.05, 0) is 19.4 Å². The molecule has 0 saturated carbocycles. The Kier molecular flexibility index (Phi) is 4.36. The van der Waals surface area contributed by atoms with Crippen LogP contribution in [0.4, 0.5) is 0 Å². The van der Waals surface area contributed by atoms with Crippen LogP contribution >= 0.6 is 0 Å². The quantitative estimate of drug-likeness (QED) is 0.865. The molecule has 1 fully saturated rings. The summed E-state index contributed by atoms with van der Waals surface area (Å²) in [6.45, 7) is 3.10. The minimum absolute atomic E-state index is 0.371. The molecule has 0 aliphatic carbocycles. The Labute approximate surface area is 126 Å². The lowest BCUT2D eigenvalue weighted by Crippen LogP contribution is -2.38. The van der Waals surface area contributed by atoms with Gasteiger partial charge in [-0.3, -0.25) is 9.58 Å². The van der Waals surface area contributed by atoms with Crippen molar-refractivity contribution in [1.29, 1.82) is 0 Å². The molecule has 1 aliphatic rings. The largest absolute Gasteiger partial charge is 0.380 e. The summed E-state index contributed by atoms with van der Waals surface area (Å²) in [7, 11) is 3.80. The maximum absolute atomic E-state index is 5.52. The number of piperidine rings is 1. The molecule has 112 valence electrons. The summed E-state index contributed by atoms with van der Waals surface area (Å²) < 4.78 is 7.43. The fourth-order valence-electron chi connectivity index (χ4n) is 3.08. The molecule has 1 unspecified atom stereocenters. The second-order valence-electron chi connectivity index (χ2n) is 5.78. The zero-order valence-electron chi connectivity index (χ0n) is 12.8. The third-order valence-electron chi connectivity index (χ3n) is 4.14. The monoisotopic (exact) mass is 285 g/mol. The molecule has 0 bridgehead atoms. The van der Waals surface area contributed by atoms with Gasteiger partial charge in [0, 0.05) is 44.6 Å². The molecule has 4 heteroatoms. The number of rotatable bonds is 4. The number of ether oxygens (including phenoxy) is 1. The normalized spacial score (nSPS) is 19.8. The molecule has 1 saturated heterocycles. The molecule has 0 N–H and O–H groups in total. The third-order valence-corrected chi connectivity index (χ3v) is 4.14. The topological polar surface area (TPSA) is 30.3 Å². The van der Waals surface area contributed by atoms with E-state index in [0.29, 0.717) is 6.10 Å². The number of aromatic nitrogens is 2. The number of hydrogen-bond acceptors (Lipinski definition) is 3. The van der Waals surface area contributed by atoms with Crippen molar-refractivity contribution in [2.24, 2.45) is 7.05 Å². The van der Waals surface area contributed by atoms with Crippen molar-refractivity contribution in [2.75, 3.05) is 20.2 Å². The van der Waals surface area contributed by atoms with Crippen LogP contribution in [0.25, 0.3) is 11.3 Å². The standard InChI is InChI=1S/C17H23N3O/c1-19-11-15(12-20-10-6-9-16(13-20)21-2)17(18-19)14-7-4-3-5-8-14/h3-5,7-8,11,16H,6,9-10,12-13H2,1-2H3. The van der Waals surface area contributed by atoms with E-state index in [1.54, 1.807) is 0 Å². The molecule has 21 heavy (non-hydrogen) atoms. The highest BCUT2D eigenvalue weighted by atomic mass is 16.5. The van der Waals surface area contributed by atoms with Gasteiger partial charge in [0.05, 0.1) is 11.8 Å². The van der Waals surface area contributed by atoms with E-state index in [1.165, 1.54) is 24.0 Å². The van der Waals surface area contributed by atoms with Crippen molar-refractivity contribution in [3.8, 4) is 11.3 Å².